The van der Waals surface area contributed by atoms with Gasteiger partial charge in [-0.3, -0.25) is 4.79 Å². The van der Waals surface area contributed by atoms with E-state index in [1.54, 1.807) is 24.3 Å². The highest BCUT2D eigenvalue weighted by Crippen LogP contribution is 2.16. The van der Waals surface area contributed by atoms with Crippen molar-refractivity contribution in [3.05, 3.63) is 56.4 Å². The topological polar surface area (TPSA) is 82.8 Å². The van der Waals surface area contributed by atoms with E-state index in [2.05, 4.69) is 23.9 Å². The van der Waals surface area contributed by atoms with Crippen LogP contribution in [0.15, 0.2) is 35.1 Å². The van der Waals surface area contributed by atoms with Crippen molar-refractivity contribution < 1.29 is 14.3 Å². The van der Waals surface area contributed by atoms with Crippen molar-refractivity contribution >= 4 is 33.9 Å². The van der Waals surface area contributed by atoms with E-state index in [1.165, 1.54) is 21.9 Å². The molecule has 0 aliphatic rings. The first-order chi connectivity index (χ1) is 12.9. The van der Waals surface area contributed by atoms with E-state index >= 15 is 0 Å². The summed E-state index contributed by atoms with van der Waals surface area (Å²) < 4.78 is 11.7. The summed E-state index contributed by atoms with van der Waals surface area (Å²) in [6, 6.07) is 7.96. The summed E-state index contributed by atoms with van der Waals surface area (Å²) in [5.74, 6) is 0.385. The molecule has 0 bridgehead atoms. The minimum atomic E-state index is -0.559. The number of carbonyl (C=O) groups excluding carboxylic acids is 1. The predicted molar refractivity (Wildman–Crippen MR) is 102 cm³/mol. The van der Waals surface area contributed by atoms with Crippen LogP contribution in [0.1, 0.15) is 24.5 Å². The number of nitrogens with zero attached hydrogens (tertiary/aromatic N) is 3. The van der Waals surface area contributed by atoms with E-state index in [9.17, 15) is 9.59 Å². The molecule has 7 nitrogen and oxygen atoms in total. The van der Waals surface area contributed by atoms with Crippen molar-refractivity contribution in [2.75, 3.05) is 6.61 Å². The Morgan fingerprint density at radius 3 is 2.74 bits per heavy atom. The van der Waals surface area contributed by atoms with Crippen molar-refractivity contribution in [1.29, 1.82) is 0 Å². The van der Waals surface area contributed by atoms with E-state index < -0.39 is 5.97 Å². The van der Waals surface area contributed by atoms with Crippen LogP contribution < -0.4 is 10.3 Å². The Morgan fingerprint density at radius 2 is 2.04 bits per heavy atom. The van der Waals surface area contributed by atoms with Crippen molar-refractivity contribution in [2.24, 2.45) is 5.92 Å². The minimum absolute atomic E-state index is 0.105. The van der Waals surface area contributed by atoms with Crippen LogP contribution in [-0.2, 0) is 22.6 Å². The lowest BCUT2D eigenvalue weighted by Gasteiger charge is -2.06. The van der Waals surface area contributed by atoms with Gasteiger partial charge in [0.05, 0.1) is 5.69 Å². The number of esters is 1. The molecule has 0 saturated carbocycles. The third-order valence-corrected chi connectivity index (χ3v) is 4.66. The molecule has 0 saturated heterocycles. The molecular formula is C18H18ClN3O4S. The summed E-state index contributed by atoms with van der Waals surface area (Å²) in [5.41, 5.74) is 0.0781. The van der Waals surface area contributed by atoms with Crippen LogP contribution in [0.2, 0.25) is 5.02 Å². The Hall–Kier alpha value is -2.45. The van der Waals surface area contributed by atoms with Crippen LogP contribution in [0, 0.1) is 5.92 Å². The molecule has 0 N–H and O–H groups in total. The summed E-state index contributed by atoms with van der Waals surface area (Å²) in [6.45, 7) is 3.81. The first-order valence-electron chi connectivity index (χ1n) is 8.33. The Kier molecular flexibility index (Phi) is 6.08. The Balaban J connectivity index is 1.59. The average molecular weight is 408 g/mol. The van der Waals surface area contributed by atoms with Crippen LogP contribution in [-0.4, -0.2) is 27.2 Å². The maximum atomic E-state index is 12.2. The molecule has 27 heavy (non-hydrogen) atoms. The second-order valence-corrected chi connectivity index (χ2v) is 7.75. The summed E-state index contributed by atoms with van der Waals surface area (Å²) in [4.78, 5) is 28.8. The van der Waals surface area contributed by atoms with E-state index in [-0.39, 0.29) is 18.8 Å². The number of rotatable bonds is 7. The highest BCUT2D eigenvalue weighted by atomic mass is 35.5. The van der Waals surface area contributed by atoms with Crippen LogP contribution in [0.3, 0.4) is 0 Å². The molecule has 0 radical (unpaired) electrons. The Bertz CT molecular complexity index is 998. The van der Waals surface area contributed by atoms with E-state index in [0.717, 1.165) is 11.4 Å². The number of hydrogen-bond donors (Lipinski definition) is 0. The zero-order valence-corrected chi connectivity index (χ0v) is 16.4. The third-order valence-electron chi connectivity index (χ3n) is 3.47. The highest BCUT2D eigenvalue weighted by Gasteiger charge is 2.12. The second kappa shape index (κ2) is 8.49. The van der Waals surface area contributed by atoms with Gasteiger partial charge in [-0.25, -0.2) is 9.78 Å². The molecule has 0 atom stereocenters. The third kappa shape index (κ3) is 5.27. The van der Waals surface area contributed by atoms with Crippen molar-refractivity contribution in [3.63, 3.8) is 0 Å². The standard InChI is InChI=1S/C18H18ClN3O4S/c1-11(2)7-15-21-22-16(23)8-13(20-18(22)27-15)9-26-17(24)10-25-14-5-3-12(19)4-6-14/h3-6,8,11H,7,9-10H2,1-2H3. The van der Waals surface area contributed by atoms with Crippen LogP contribution in [0.25, 0.3) is 4.96 Å². The Morgan fingerprint density at radius 1 is 1.30 bits per heavy atom. The molecule has 9 heteroatoms. The molecule has 0 aliphatic heterocycles. The van der Waals surface area contributed by atoms with Gasteiger partial charge in [0, 0.05) is 17.5 Å². The maximum absolute atomic E-state index is 12.2. The summed E-state index contributed by atoms with van der Waals surface area (Å²) in [5, 5.41) is 5.71. The quantitative estimate of drug-likeness (QED) is 0.559. The molecule has 0 fully saturated rings. The first kappa shape index (κ1) is 19.3. The van der Waals surface area contributed by atoms with Gasteiger partial charge >= 0.3 is 5.97 Å². The molecule has 0 aliphatic carbocycles. The zero-order valence-electron chi connectivity index (χ0n) is 14.8. The van der Waals surface area contributed by atoms with Crippen molar-refractivity contribution in [1.82, 2.24) is 14.6 Å². The van der Waals surface area contributed by atoms with Gasteiger partial charge in [0.25, 0.3) is 5.56 Å². The van der Waals surface area contributed by atoms with Crippen LogP contribution in [0.4, 0.5) is 0 Å². The number of fused-ring (bicyclic) bond motifs is 1. The number of carbonyl (C=O) groups is 1. The van der Waals surface area contributed by atoms with Gasteiger partial charge < -0.3 is 9.47 Å². The zero-order chi connectivity index (χ0) is 19.4. The lowest BCUT2D eigenvalue weighted by atomic mass is 10.1. The molecule has 0 spiro atoms. The number of hydrogen-bond acceptors (Lipinski definition) is 7. The minimum Gasteiger partial charge on any atom is -0.482 e. The van der Waals surface area contributed by atoms with Gasteiger partial charge in [-0.2, -0.15) is 9.61 Å². The summed E-state index contributed by atoms with van der Waals surface area (Å²) >= 11 is 7.15. The van der Waals surface area contributed by atoms with E-state index in [4.69, 9.17) is 21.1 Å². The Labute approximate surface area is 164 Å². The molecule has 3 rings (SSSR count). The smallest absolute Gasteiger partial charge is 0.344 e. The predicted octanol–water partition coefficient (Wildman–Crippen LogP) is 3.13. The molecule has 0 amide bonds. The highest BCUT2D eigenvalue weighted by molar-refractivity contribution is 7.16. The fourth-order valence-corrected chi connectivity index (χ4v) is 3.53. The van der Waals surface area contributed by atoms with Gasteiger partial charge in [0.2, 0.25) is 4.96 Å². The molecule has 0 unspecified atom stereocenters. The number of halogens is 1. The summed E-state index contributed by atoms with van der Waals surface area (Å²) in [7, 11) is 0. The van der Waals surface area contributed by atoms with Gasteiger partial charge in [0.15, 0.2) is 6.61 Å². The van der Waals surface area contributed by atoms with Crippen molar-refractivity contribution in [2.45, 2.75) is 26.9 Å². The second-order valence-electron chi connectivity index (χ2n) is 6.28. The number of aromatic nitrogens is 3. The average Bonchev–Trinajstić information content (AvgIpc) is 3.01. The lowest BCUT2D eigenvalue weighted by Crippen LogP contribution is -2.18. The SMILES string of the molecule is CC(C)Cc1nn2c(=O)cc(COC(=O)COc3ccc(Cl)cc3)nc2s1. The largest absolute Gasteiger partial charge is 0.482 e. The molecule has 2 heterocycles. The van der Waals surface area contributed by atoms with Crippen LogP contribution >= 0.6 is 22.9 Å². The number of benzene rings is 1. The first-order valence-corrected chi connectivity index (χ1v) is 9.53. The molecule has 3 aromatic rings. The van der Waals surface area contributed by atoms with Gasteiger partial charge in [-0.1, -0.05) is 36.8 Å². The molecule has 2 aromatic heterocycles. The van der Waals surface area contributed by atoms with E-state index in [0.29, 0.717) is 27.3 Å². The molecule has 1 aromatic carbocycles. The van der Waals surface area contributed by atoms with E-state index in [1.807, 2.05) is 0 Å². The van der Waals surface area contributed by atoms with Gasteiger partial charge in [0.1, 0.15) is 17.4 Å². The fourth-order valence-electron chi connectivity index (χ4n) is 2.27. The lowest BCUT2D eigenvalue weighted by molar-refractivity contribution is -0.147. The van der Waals surface area contributed by atoms with Crippen molar-refractivity contribution in [3.8, 4) is 5.75 Å². The number of ether oxygens (including phenoxy) is 2. The fraction of sp³-hybridized carbons (Fsp3) is 0.333. The summed E-state index contributed by atoms with van der Waals surface area (Å²) in [6.07, 6.45) is 0.778. The molecular weight excluding hydrogens is 390 g/mol. The molecule has 142 valence electrons. The van der Waals surface area contributed by atoms with Gasteiger partial charge in [-0.05, 0) is 30.2 Å². The monoisotopic (exact) mass is 407 g/mol. The normalized spacial score (nSPS) is 11.1. The maximum Gasteiger partial charge on any atom is 0.344 e. The van der Waals surface area contributed by atoms with Crippen LogP contribution in [0.5, 0.6) is 5.75 Å². The van der Waals surface area contributed by atoms with Gasteiger partial charge in [-0.15, -0.1) is 0 Å².